The lowest BCUT2D eigenvalue weighted by Gasteiger charge is -2.22. The van der Waals surface area contributed by atoms with Crippen molar-refractivity contribution in [2.24, 2.45) is 0 Å². The summed E-state index contributed by atoms with van der Waals surface area (Å²) in [4.78, 5) is 29.0. The first kappa shape index (κ1) is 23.7. The molecule has 1 unspecified atom stereocenters. The van der Waals surface area contributed by atoms with Crippen LogP contribution in [0.3, 0.4) is 0 Å². The Bertz CT molecular complexity index is 872. The summed E-state index contributed by atoms with van der Waals surface area (Å²) in [5, 5.41) is 7.38. The van der Waals surface area contributed by atoms with Crippen molar-refractivity contribution in [3.63, 3.8) is 0 Å². The Morgan fingerprint density at radius 3 is 2.37 bits per heavy atom. The molecule has 1 aromatic heterocycles. The SMILES string of the molecule is CCOC(=O)C(C)(C)c1nc(C(Cc2ccc(Cl)cc2)NC(=O)OC(C)(C)C)no1. The van der Waals surface area contributed by atoms with Crippen molar-refractivity contribution in [2.45, 2.75) is 65.0 Å². The molecule has 1 heterocycles. The van der Waals surface area contributed by atoms with Crippen LogP contribution in [-0.4, -0.2) is 34.4 Å². The number of nitrogens with zero attached hydrogens (tertiary/aromatic N) is 2. The average molecular weight is 438 g/mol. The minimum Gasteiger partial charge on any atom is -0.465 e. The van der Waals surface area contributed by atoms with Gasteiger partial charge in [-0.15, -0.1) is 0 Å². The molecule has 8 nitrogen and oxygen atoms in total. The first-order chi connectivity index (χ1) is 13.9. The number of carbonyl (C=O) groups excluding carboxylic acids is 2. The van der Waals surface area contributed by atoms with E-state index >= 15 is 0 Å². The summed E-state index contributed by atoms with van der Waals surface area (Å²) >= 11 is 5.96. The Kier molecular flexibility index (Phi) is 7.47. The van der Waals surface area contributed by atoms with Crippen molar-refractivity contribution in [2.75, 3.05) is 6.61 Å². The molecule has 0 saturated carbocycles. The number of benzene rings is 1. The number of halogens is 1. The second-order valence-electron chi connectivity index (χ2n) is 8.33. The zero-order chi connectivity index (χ0) is 22.5. The molecule has 2 aromatic rings. The zero-order valence-electron chi connectivity index (χ0n) is 18.1. The largest absolute Gasteiger partial charge is 0.465 e. The Hall–Kier alpha value is -2.61. The predicted molar refractivity (Wildman–Crippen MR) is 111 cm³/mol. The maximum absolute atomic E-state index is 12.4. The number of hydrogen-bond donors (Lipinski definition) is 1. The summed E-state index contributed by atoms with van der Waals surface area (Å²) in [7, 11) is 0. The van der Waals surface area contributed by atoms with Crippen molar-refractivity contribution in [1.82, 2.24) is 15.5 Å². The second kappa shape index (κ2) is 9.47. The van der Waals surface area contributed by atoms with Gasteiger partial charge in [-0.25, -0.2) is 4.79 Å². The van der Waals surface area contributed by atoms with E-state index in [-0.39, 0.29) is 18.3 Å². The summed E-state index contributed by atoms with van der Waals surface area (Å²) < 4.78 is 15.8. The topological polar surface area (TPSA) is 104 Å². The number of rotatable bonds is 7. The molecule has 0 bridgehead atoms. The zero-order valence-corrected chi connectivity index (χ0v) is 18.9. The van der Waals surface area contributed by atoms with Gasteiger partial charge in [0.05, 0.1) is 12.6 Å². The van der Waals surface area contributed by atoms with Crippen molar-refractivity contribution in [3.8, 4) is 0 Å². The van der Waals surface area contributed by atoms with Crippen LogP contribution in [0.2, 0.25) is 5.02 Å². The molecule has 0 aliphatic heterocycles. The fourth-order valence-corrected chi connectivity index (χ4v) is 2.67. The fraction of sp³-hybridized carbons (Fsp3) is 0.524. The first-order valence-electron chi connectivity index (χ1n) is 9.67. The molecule has 1 atom stereocenters. The normalized spacial score (nSPS) is 12.9. The molecule has 164 valence electrons. The van der Waals surface area contributed by atoms with Crippen molar-refractivity contribution in [1.29, 1.82) is 0 Å². The Morgan fingerprint density at radius 1 is 1.17 bits per heavy atom. The third-order valence-electron chi connectivity index (χ3n) is 4.12. The van der Waals surface area contributed by atoms with Crippen LogP contribution < -0.4 is 5.32 Å². The van der Waals surface area contributed by atoms with E-state index in [2.05, 4.69) is 15.5 Å². The first-order valence-corrected chi connectivity index (χ1v) is 10.1. The van der Waals surface area contributed by atoms with Gasteiger partial charge in [0.15, 0.2) is 5.82 Å². The van der Waals surface area contributed by atoms with E-state index in [9.17, 15) is 9.59 Å². The molecule has 0 spiro atoms. The van der Waals surface area contributed by atoms with Gasteiger partial charge in [-0.3, -0.25) is 4.79 Å². The van der Waals surface area contributed by atoms with Crippen molar-refractivity contribution < 1.29 is 23.6 Å². The third-order valence-corrected chi connectivity index (χ3v) is 4.37. The molecule has 0 radical (unpaired) electrons. The van der Waals surface area contributed by atoms with Gasteiger partial charge in [-0.05, 0) is 59.2 Å². The molecule has 2 rings (SSSR count). The Labute approximate surface area is 181 Å². The molecule has 1 amide bonds. The second-order valence-corrected chi connectivity index (χ2v) is 8.77. The van der Waals surface area contributed by atoms with Gasteiger partial charge in [0, 0.05) is 11.4 Å². The van der Waals surface area contributed by atoms with Crippen LogP contribution in [0.5, 0.6) is 0 Å². The molecule has 0 aliphatic rings. The summed E-state index contributed by atoms with van der Waals surface area (Å²) in [6.07, 6.45) is -0.243. The van der Waals surface area contributed by atoms with Crippen molar-refractivity contribution in [3.05, 3.63) is 46.6 Å². The van der Waals surface area contributed by atoms with E-state index in [1.54, 1.807) is 53.7 Å². The highest BCUT2D eigenvalue weighted by Crippen LogP contribution is 2.26. The van der Waals surface area contributed by atoms with E-state index in [0.29, 0.717) is 11.4 Å². The smallest absolute Gasteiger partial charge is 0.408 e. The van der Waals surface area contributed by atoms with E-state index in [4.69, 9.17) is 25.6 Å². The minimum absolute atomic E-state index is 0.100. The van der Waals surface area contributed by atoms with E-state index < -0.39 is 29.1 Å². The van der Waals surface area contributed by atoms with Crippen LogP contribution in [0.1, 0.15) is 64.9 Å². The summed E-state index contributed by atoms with van der Waals surface area (Å²) in [6.45, 7) is 10.6. The highest BCUT2D eigenvalue weighted by Gasteiger charge is 2.38. The minimum atomic E-state index is -1.13. The lowest BCUT2D eigenvalue weighted by molar-refractivity contribution is -0.149. The van der Waals surface area contributed by atoms with E-state index in [0.717, 1.165) is 5.56 Å². The highest BCUT2D eigenvalue weighted by atomic mass is 35.5. The quantitative estimate of drug-likeness (QED) is 0.641. The Balaban J connectivity index is 2.29. The molecule has 30 heavy (non-hydrogen) atoms. The van der Waals surface area contributed by atoms with Crippen LogP contribution >= 0.6 is 11.6 Å². The average Bonchev–Trinajstić information content (AvgIpc) is 3.12. The Morgan fingerprint density at radius 2 is 1.80 bits per heavy atom. The number of alkyl carbamates (subject to hydrolysis) is 1. The molecule has 1 N–H and O–H groups in total. The van der Waals surface area contributed by atoms with Gasteiger partial charge in [0.2, 0.25) is 5.89 Å². The maximum atomic E-state index is 12.4. The summed E-state index contributed by atoms with van der Waals surface area (Å²) in [6, 6.07) is 6.56. The third kappa shape index (κ3) is 6.45. The molecular formula is C21H28ClN3O5. The molecule has 0 aliphatic carbocycles. The van der Waals surface area contributed by atoms with Gasteiger partial charge < -0.3 is 19.3 Å². The van der Waals surface area contributed by atoms with Gasteiger partial charge >= 0.3 is 12.1 Å². The fourth-order valence-electron chi connectivity index (χ4n) is 2.54. The van der Waals surface area contributed by atoms with Gasteiger partial charge in [-0.2, -0.15) is 4.98 Å². The number of aromatic nitrogens is 2. The number of hydrogen-bond acceptors (Lipinski definition) is 7. The molecular weight excluding hydrogens is 410 g/mol. The lowest BCUT2D eigenvalue weighted by Crippen LogP contribution is -2.36. The number of ether oxygens (including phenoxy) is 2. The van der Waals surface area contributed by atoms with E-state index in [1.807, 2.05) is 12.1 Å². The molecule has 0 fully saturated rings. The number of carbonyl (C=O) groups is 2. The monoisotopic (exact) mass is 437 g/mol. The van der Waals surface area contributed by atoms with Gasteiger partial charge in [0.25, 0.3) is 0 Å². The number of nitrogens with one attached hydrogen (secondary N) is 1. The number of amides is 1. The maximum Gasteiger partial charge on any atom is 0.408 e. The highest BCUT2D eigenvalue weighted by molar-refractivity contribution is 6.30. The molecule has 1 aromatic carbocycles. The standard InChI is InChI=1S/C21H28ClN3O5/c1-7-28-18(26)21(5,6)17-24-16(25-30-17)15(23-19(27)29-20(2,3)4)12-13-8-10-14(22)11-9-13/h8-11,15H,7,12H2,1-6H3,(H,23,27). The van der Waals surface area contributed by atoms with Crippen LogP contribution in [0.15, 0.2) is 28.8 Å². The van der Waals surface area contributed by atoms with Crippen LogP contribution in [0.25, 0.3) is 0 Å². The van der Waals surface area contributed by atoms with Crippen LogP contribution in [0, 0.1) is 0 Å². The van der Waals surface area contributed by atoms with Gasteiger partial charge in [-0.1, -0.05) is 28.9 Å². The van der Waals surface area contributed by atoms with Crippen LogP contribution in [0.4, 0.5) is 4.79 Å². The van der Waals surface area contributed by atoms with Crippen LogP contribution in [-0.2, 0) is 26.1 Å². The molecule has 9 heteroatoms. The van der Waals surface area contributed by atoms with Gasteiger partial charge in [0.1, 0.15) is 11.0 Å². The lowest BCUT2D eigenvalue weighted by atomic mass is 9.93. The summed E-state index contributed by atoms with van der Waals surface area (Å²) in [5.41, 5.74) is -0.891. The van der Waals surface area contributed by atoms with E-state index in [1.165, 1.54) is 0 Å². The summed E-state index contributed by atoms with van der Waals surface area (Å²) in [5.74, 6) is -0.152. The van der Waals surface area contributed by atoms with Crippen molar-refractivity contribution >= 4 is 23.7 Å². The number of esters is 1. The molecule has 0 saturated heterocycles. The predicted octanol–water partition coefficient (Wildman–Crippen LogP) is 4.37.